The van der Waals surface area contributed by atoms with Crippen molar-refractivity contribution in [3.8, 4) is 0 Å². The predicted molar refractivity (Wildman–Crippen MR) is 55.4 cm³/mol. The van der Waals surface area contributed by atoms with Crippen molar-refractivity contribution in [1.82, 2.24) is 9.88 Å². The van der Waals surface area contributed by atoms with Crippen LogP contribution in [0.4, 0.5) is 0 Å². The molecule has 1 aromatic heterocycles. The average Bonchev–Trinajstić information content (AvgIpc) is 2.65. The summed E-state index contributed by atoms with van der Waals surface area (Å²) in [6.45, 7) is 2.61. The van der Waals surface area contributed by atoms with E-state index < -0.39 is 5.97 Å². The third-order valence-electron chi connectivity index (χ3n) is 2.20. The summed E-state index contributed by atoms with van der Waals surface area (Å²) in [6, 6.07) is 0.238. The summed E-state index contributed by atoms with van der Waals surface area (Å²) in [5.74, 6) is -0.756. The fraction of sp³-hybridized carbons (Fsp3) is 0.556. The summed E-state index contributed by atoms with van der Waals surface area (Å²) in [4.78, 5) is 17.6. The largest absolute Gasteiger partial charge is 0.481 e. The Kier molecular flexibility index (Phi) is 4.03. The van der Waals surface area contributed by atoms with Gasteiger partial charge in [0.1, 0.15) is 0 Å². The lowest BCUT2D eigenvalue weighted by molar-refractivity contribution is -0.137. The van der Waals surface area contributed by atoms with Crippen LogP contribution in [0.5, 0.6) is 0 Å². The first-order valence-electron chi connectivity index (χ1n) is 4.41. The zero-order chi connectivity index (χ0) is 10.6. The number of carboxylic acid groups (broad SMARTS) is 1. The van der Waals surface area contributed by atoms with Crippen molar-refractivity contribution in [2.24, 2.45) is 0 Å². The molecule has 4 nitrogen and oxygen atoms in total. The van der Waals surface area contributed by atoms with Crippen molar-refractivity contribution >= 4 is 17.3 Å². The lowest BCUT2D eigenvalue weighted by Crippen LogP contribution is -2.24. The smallest absolute Gasteiger partial charge is 0.304 e. The maximum absolute atomic E-state index is 10.4. The SMILES string of the molecule is CC(c1cncs1)N(C)CCC(=O)O. The summed E-state index contributed by atoms with van der Waals surface area (Å²) >= 11 is 1.59. The molecule has 0 saturated heterocycles. The van der Waals surface area contributed by atoms with Crippen LogP contribution in [-0.2, 0) is 4.79 Å². The molecule has 1 atom stereocenters. The fourth-order valence-corrected chi connectivity index (χ4v) is 1.86. The van der Waals surface area contributed by atoms with Crippen LogP contribution in [0, 0.1) is 0 Å². The van der Waals surface area contributed by atoms with Gasteiger partial charge in [-0.2, -0.15) is 0 Å². The number of nitrogens with zero attached hydrogens (tertiary/aromatic N) is 2. The number of thiazole rings is 1. The zero-order valence-electron chi connectivity index (χ0n) is 8.30. The van der Waals surface area contributed by atoms with Crippen LogP contribution < -0.4 is 0 Å². The van der Waals surface area contributed by atoms with Crippen LogP contribution >= 0.6 is 11.3 Å². The lowest BCUT2D eigenvalue weighted by atomic mass is 10.2. The van der Waals surface area contributed by atoms with Gasteiger partial charge in [-0.3, -0.25) is 14.7 Å². The maximum Gasteiger partial charge on any atom is 0.304 e. The van der Waals surface area contributed by atoms with Crippen molar-refractivity contribution in [2.75, 3.05) is 13.6 Å². The van der Waals surface area contributed by atoms with Crippen molar-refractivity contribution in [3.63, 3.8) is 0 Å². The molecule has 0 amide bonds. The molecule has 1 N–H and O–H groups in total. The lowest BCUT2D eigenvalue weighted by Gasteiger charge is -2.22. The summed E-state index contributed by atoms with van der Waals surface area (Å²) in [5, 5.41) is 8.54. The van der Waals surface area contributed by atoms with E-state index in [9.17, 15) is 4.79 Å². The van der Waals surface area contributed by atoms with Crippen molar-refractivity contribution in [3.05, 3.63) is 16.6 Å². The first-order chi connectivity index (χ1) is 6.61. The van der Waals surface area contributed by atoms with Gasteiger partial charge in [-0.15, -0.1) is 11.3 Å². The van der Waals surface area contributed by atoms with Gasteiger partial charge >= 0.3 is 5.97 Å². The molecule has 5 heteroatoms. The second-order valence-corrected chi connectivity index (χ2v) is 4.12. The van der Waals surface area contributed by atoms with Crippen molar-refractivity contribution in [2.45, 2.75) is 19.4 Å². The molecule has 1 rings (SSSR count). The van der Waals surface area contributed by atoms with Crippen LogP contribution in [0.15, 0.2) is 11.7 Å². The molecule has 0 fully saturated rings. The van der Waals surface area contributed by atoms with Gasteiger partial charge in [-0.05, 0) is 14.0 Å². The van der Waals surface area contributed by atoms with Gasteiger partial charge in [0.15, 0.2) is 0 Å². The minimum absolute atomic E-state index is 0.180. The van der Waals surface area contributed by atoms with E-state index in [0.29, 0.717) is 6.54 Å². The summed E-state index contributed by atoms with van der Waals surface area (Å²) < 4.78 is 0. The molecule has 1 unspecified atom stereocenters. The second-order valence-electron chi connectivity index (χ2n) is 3.20. The topological polar surface area (TPSA) is 53.4 Å². The molecular weight excluding hydrogens is 200 g/mol. The van der Waals surface area contributed by atoms with E-state index in [1.54, 1.807) is 16.8 Å². The van der Waals surface area contributed by atoms with E-state index in [1.807, 2.05) is 18.1 Å². The van der Waals surface area contributed by atoms with Gasteiger partial charge in [-0.1, -0.05) is 0 Å². The average molecular weight is 214 g/mol. The minimum Gasteiger partial charge on any atom is -0.481 e. The van der Waals surface area contributed by atoms with Crippen LogP contribution in [0.2, 0.25) is 0 Å². The highest BCUT2D eigenvalue weighted by atomic mass is 32.1. The first-order valence-corrected chi connectivity index (χ1v) is 5.29. The highest BCUT2D eigenvalue weighted by Gasteiger charge is 2.13. The molecular formula is C9H14N2O2S. The Morgan fingerprint density at radius 2 is 2.50 bits per heavy atom. The van der Waals surface area contributed by atoms with Crippen LogP contribution in [0.3, 0.4) is 0 Å². The van der Waals surface area contributed by atoms with Gasteiger partial charge in [0.05, 0.1) is 11.9 Å². The number of hydrogen-bond acceptors (Lipinski definition) is 4. The van der Waals surface area contributed by atoms with Crippen LogP contribution in [0.1, 0.15) is 24.3 Å². The Morgan fingerprint density at radius 3 is 3.00 bits per heavy atom. The minimum atomic E-state index is -0.756. The molecule has 14 heavy (non-hydrogen) atoms. The number of aromatic nitrogens is 1. The molecule has 0 saturated carbocycles. The number of carboxylic acids is 1. The summed E-state index contributed by atoms with van der Waals surface area (Å²) in [7, 11) is 1.92. The van der Waals surface area contributed by atoms with Crippen LogP contribution in [0.25, 0.3) is 0 Å². The van der Waals surface area contributed by atoms with Gasteiger partial charge in [0, 0.05) is 23.7 Å². The third kappa shape index (κ3) is 3.08. The standard InChI is InChI=1S/C9H14N2O2S/c1-7(8-5-10-6-14-8)11(2)4-3-9(12)13/h5-7H,3-4H2,1-2H3,(H,12,13). The molecule has 0 spiro atoms. The zero-order valence-corrected chi connectivity index (χ0v) is 9.12. The van der Waals surface area contributed by atoms with Gasteiger partial charge in [0.25, 0.3) is 0 Å². The number of hydrogen-bond donors (Lipinski definition) is 1. The number of carbonyl (C=O) groups is 1. The van der Waals surface area contributed by atoms with Gasteiger partial charge in [-0.25, -0.2) is 0 Å². The van der Waals surface area contributed by atoms with E-state index in [0.717, 1.165) is 4.88 Å². The normalized spacial score (nSPS) is 13.1. The van der Waals surface area contributed by atoms with Gasteiger partial charge in [0.2, 0.25) is 0 Å². The number of rotatable bonds is 5. The molecule has 1 heterocycles. The summed E-state index contributed by atoms with van der Waals surface area (Å²) in [6.07, 6.45) is 2.01. The monoisotopic (exact) mass is 214 g/mol. The van der Waals surface area contributed by atoms with E-state index in [4.69, 9.17) is 5.11 Å². The fourth-order valence-electron chi connectivity index (χ4n) is 1.11. The quantitative estimate of drug-likeness (QED) is 0.809. The molecule has 0 aliphatic heterocycles. The molecule has 0 aromatic carbocycles. The van der Waals surface area contributed by atoms with Crippen molar-refractivity contribution < 1.29 is 9.90 Å². The molecule has 0 bridgehead atoms. The Morgan fingerprint density at radius 1 is 1.79 bits per heavy atom. The van der Waals surface area contributed by atoms with E-state index >= 15 is 0 Å². The third-order valence-corrected chi connectivity index (χ3v) is 3.15. The molecule has 0 aliphatic rings. The molecule has 1 aromatic rings. The van der Waals surface area contributed by atoms with Gasteiger partial charge < -0.3 is 5.11 Å². The van der Waals surface area contributed by atoms with E-state index in [1.165, 1.54) is 0 Å². The molecule has 78 valence electrons. The van der Waals surface area contributed by atoms with E-state index in [-0.39, 0.29) is 12.5 Å². The van der Waals surface area contributed by atoms with E-state index in [2.05, 4.69) is 11.9 Å². The Hall–Kier alpha value is -0.940. The molecule has 0 aliphatic carbocycles. The second kappa shape index (κ2) is 5.07. The molecule has 0 radical (unpaired) electrons. The van der Waals surface area contributed by atoms with Crippen molar-refractivity contribution in [1.29, 1.82) is 0 Å². The Bertz CT molecular complexity index is 287. The highest BCUT2D eigenvalue weighted by molar-refractivity contribution is 7.09. The van der Waals surface area contributed by atoms with Crippen LogP contribution in [-0.4, -0.2) is 34.6 Å². The Labute approximate surface area is 87.2 Å². The Balaban J connectivity index is 2.44. The summed E-state index contributed by atoms with van der Waals surface area (Å²) in [5.41, 5.74) is 1.79. The maximum atomic E-state index is 10.4. The number of aliphatic carboxylic acids is 1. The highest BCUT2D eigenvalue weighted by Crippen LogP contribution is 2.21. The first kappa shape index (κ1) is 11.1. The predicted octanol–water partition coefficient (Wildman–Crippen LogP) is 1.61.